The van der Waals surface area contributed by atoms with E-state index in [2.05, 4.69) is 15.3 Å². The summed E-state index contributed by atoms with van der Waals surface area (Å²) < 4.78 is 9.97. The van der Waals surface area contributed by atoms with Crippen LogP contribution in [0.15, 0.2) is 72.8 Å². The molecule has 0 aliphatic heterocycles. The summed E-state index contributed by atoms with van der Waals surface area (Å²) in [5.74, 6) is -0.272. The number of rotatable bonds is 6. The summed E-state index contributed by atoms with van der Waals surface area (Å²) >= 11 is 0. The first kappa shape index (κ1) is 21.0. The number of hydrogen-bond donors (Lipinski definition) is 1. The van der Waals surface area contributed by atoms with Crippen LogP contribution in [-0.2, 0) is 16.1 Å². The predicted molar refractivity (Wildman–Crippen MR) is 121 cm³/mol. The van der Waals surface area contributed by atoms with Crippen molar-refractivity contribution in [3.8, 4) is 17.1 Å². The fourth-order valence-electron chi connectivity index (χ4n) is 3.37. The van der Waals surface area contributed by atoms with E-state index in [-0.39, 0.29) is 12.0 Å². The molecule has 0 spiro atoms. The molecule has 1 N–H and O–H groups in total. The van der Waals surface area contributed by atoms with E-state index in [1.807, 2.05) is 66.7 Å². The van der Waals surface area contributed by atoms with Crippen LogP contribution >= 0.6 is 0 Å². The number of aromatic nitrogens is 2. The molecule has 32 heavy (non-hydrogen) atoms. The molecule has 0 saturated heterocycles. The number of para-hydroxylation sites is 1. The zero-order chi connectivity index (χ0) is 22.5. The second kappa shape index (κ2) is 9.26. The number of carbonyl (C=O) groups is 2. The molecule has 0 radical (unpaired) electrons. The molecule has 7 heteroatoms. The van der Waals surface area contributed by atoms with Crippen LogP contribution in [0.1, 0.15) is 22.8 Å². The normalized spacial score (nSPS) is 10.6. The van der Waals surface area contributed by atoms with Crippen molar-refractivity contribution in [2.45, 2.75) is 13.5 Å². The summed E-state index contributed by atoms with van der Waals surface area (Å²) in [6, 6.07) is 22.7. The second-order valence-corrected chi connectivity index (χ2v) is 7.05. The Balaban J connectivity index is 1.56. The minimum atomic E-state index is -0.478. The van der Waals surface area contributed by atoms with Crippen molar-refractivity contribution in [1.29, 1.82) is 0 Å². The smallest absolute Gasteiger partial charge is 0.338 e. The van der Waals surface area contributed by atoms with E-state index < -0.39 is 5.97 Å². The molecule has 0 aliphatic rings. The van der Waals surface area contributed by atoms with Gasteiger partial charge in [0.15, 0.2) is 0 Å². The van der Waals surface area contributed by atoms with Crippen molar-refractivity contribution >= 4 is 28.7 Å². The third-order valence-electron chi connectivity index (χ3n) is 4.88. The summed E-state index contributed by atoms with van der Waals surface area (Å²) in [7, 11) is 1.37. The van der Waals surface area contributed by atoms with Crippen LogP contribution < -0.4 is 10.1 Å². The highest BCUT2D eigenvalue weighted by Gasteiger charge is 2.13. The van der Waals surface area contributed by atoms with Gasteiger partial charge in [-0.2, -0.15) is 9.97 Å². The first-order valence-corrected chi connectivity index (χ1v) is 10.0. The molecule has 7 nitrogen and oxygen atoms in total. The van der Waals surface area contributed by atoms with Crippen LogP contribution in [0, 0.1) is 0 Å². The van der Waals surface area contributed by atoms with Crippen molar-refractivity contribution < 1.29 is 19.1 Å². The Labute approximate surface area is 185 Å². The van der Waals surface area contributed by atoms with Gasteiger partial charge in [0.05, 0.1) is 18.2 Å². The van der Waals surface area contributed by atoms with E-state index in [0.29, 0.717) is 23.4 Å². The molecule has 1 heterocycles. The highest BCUT2D eigenvalue weighted by Crippen LogP contribution is 2.26. The number of esters is 2. The van der Waals surface area contributed by atoms with Crippen molar-refractivity contribution in [1.82, 2.24) is 9.97 Å². The third kappa shape index (κ3) is 4.57. The topological polar surface area (TPSA) is 90.4 Å². The monoisotopic (exact) mass is 427 g/mol. The van der Waals surface area contributed by atoms with E-state index in [4.69, 9.17) is 9.47 Å². The summed E-state index contributed by atoms with van der Waals surface area (Å²) in [5.41, 5.74) is 3.94. The highest BCUT2D eigenvalue weighted by atomic mass is 16.5. The van der Waals surface area contributed by atoms with E-state index in [1.54, 1.807) is 6.07 Å². The first-order valence-electron chi connectivity index (χ1n) is 10.0. The Bertz CT molecular complexity index is 1290. The molecule has 160 valence electrons. The second-order valence-electron chi connectivity index (χ2n) is 7.05. The quantitative estimate of drug-likeness (QED) is 0.449. The minimum absolute atomic E-state index is 0.00784. The van der Waals surface area contributed by atoms with E-state index >= 15 is 0 Å². The molecular weight excluding hydrogens is 406 g/mol. The minimum Gasteiger partial charge on any atom is -0.465 e. The number of fused-ring (bicyclic) bond motifs is 1. The number of hydrogen-bond acceptors (Lipinski definition) is 7. The van der Waals surface area contributed by atoms with Crippen LogP contribution in [0.3, 0.4) is 0 Å². The Morgan fingerprint density at radius 3 is 2.38 bits per heavy atom. The number of methoxy groups -OCH3 is 1. The van der Waals surface area contributed by atoms with Gasteiger partial charge in [0.2, 0.25) is 0 Å². The Morgan fingerprint density at radius 2 is 1.62 bits per heavy atom. The molecule has 0 amide bonds. The average Bonchev–Trinajstić information content (AvgIpc) is 2.82. The molecule has 4 aromatic rings. The zero-order valence-electron chi connectivity index (χ0n) is 17.7. The SMILES string of the molecule is COC(=O)c1ccccc1-c1ccc(CNc2nc(OC(C)=O)nc3ccccc23)cc1. The van der Waals surface area contributed by atoms with Gasteiger partial charge in [0.1, 0.15) is 5.82 Å². The lowest BCUT2D eigenvalue weighted by Crippen LogP contribution is -2.08. The van der Waals surface area contributed by atoms with Gasteiger partial charge in [0, 0.05) is 18.9 Å². The van der Waals surface area contributed by atoms with Crippen LogP contribution in [-0.4, -0.2) is 29.0 Å². The van der Waals surface area contributed by atoms with Gasteiger partial charge in [-0.1, -0.05) is 54.6 Å². The molecule has 4 rings (SSSR count). The van der Waals surface area contributed by atoms with Gasteiger partial charge in [-0.25, -0.2) is 4.79 Å². The van der Waals surface area contributed by atoms with Crippen molar-refractivity contribution in [2.24, 2.45) is 0 Å². The van der Waals surface area contributed by atoms with Crippen molar-refractivity contribution in [3.63, 3.8) is 0 Å². The number of nitrogens with one attached hydrogen (secondary N) is 1. The molecule has 3 aromatic carbocycles. The number of nitrogens with zero attached hydrogens (tertiary/aromatic N) is 2. The third-order valence-corrected chi connectivity index (χ3v) is 4.88. The fraction of sp³-hybridized carbons (Fsp3) is 0.120. The molecule has 0 fully saturated rings. The van der Waals surface area contributed by atoms with Gasteiger partial charge in [-0.05, 0) is 34.9 Å². The molecule has 0 aliphatic carbocycles. The first-order chi connectivity index (χ1) is 15.5. The van der Waals surface area contributed by atoms with E-state index in [9.17, 15) is 9.59 Å². The Hall–Kier alpha value is -4.26. The van der Waals surface area contributed by atoms with Crippen molar-refractivity contribution in [3.05, 3.63) is 83.9 Å². The maximum absolute atomic E-state index is 12.1. The lowest BCUT2D eigenvalue weighted by molar-refractivity contribution is -0.132. The van der Waals surface area contributed by atoms with E-state index in [0.717, 1.165) is 22.1 Å². The summed E-state index contributed by atoms with van der Waals surface area (Å²) in [6.07, 6.45) is 0. The summed E-state index contributed by atoms with van der Waals surface area (Å²) in [6.45, 7) is 1.81. The van der Waals surface area contributed by atoms with Gasteiger partial charge < -0.3 is 14.8 Å². The molecule has 0 bridgehead atoms. The number of anilines is 1. The average molecular weight is 427 g/mol. The highest BCUT2D eigenvalue weighted by molar-refractivity contribution is 5.97. The van der Waals surface area contributed by atoms with Gasteiger partial charge >= 0.3 is 17.9 Å². The Morgan fingerprint density at radius 1 is 0.906 bits per heavy atom. The summed E-state index contributed by atoms with van der Waals surface area (Å²) in [5, 5.41) is 4.12. The number of ether oxygens (including phenoxy) is 2. The predicted octanol–water partition coefficient (Wildman–Crippen LogP) is 4.62. The number of carbonyl (C=O) groups excluding carboxylic acids is 2. The van der Waals surface area contributed by atoms with Crippen LogP contribution in [0.2, 0.25) is 0 Å². The van der Waals surface area contributed by atoms with Gasteiger partial charge in [0.25, 0.3) is 0 Å². The van der Waals surface area contributed by atoms with E-state index in [1.165, 1.54) is 14.0 Å². The lowest BCUT2D eigenvalue weighted by atomic mass is 9.98. The summed E-state index contributed by atoms with van der Waals surface area (Å²) in [4.78, 5) is 32.0. The van der Waals surface area contributed by atoms with Gasteiger partial charge in [-0.15, -0.1) is 0 Å². The van der Waals surface area contributed by atoms with Crippen LogP contribution in [0.4, 0.5) is 5.82 Å². The Kier molecular flexibility index (Phi) is 6.07. The lowest BCUT2D eigenvalue weighted by Gasteiger charge is -2.11. The maximum atomic E-state index is 12.1. The maximum Gasteiger partial charge on any atom is 0.338 e. The molecule has 1 aromatic heterocycles. The molecule has 0 unspecified atom stereocenters. The fourth-order valence-corrected chi connectivity index (χ4v) is 3.37. The largest absolute Gasteiger partial charge is 0.465 e. The molecule has 0 saturated carbocycles. The standard InChI is InChI=1S/C25H21N3O4/c1-16(29)32-25-27-22-10-6-5-9-21(22)23(28-25)26-15-17-11-13-18(14-12-17)19-7-3-4-8-20(19)24(30)31-2/h3-14H,15H2,1-2H3,(H,26,27,28). The van der Waals surface area contributed by atoms with Crippen LogP contribution in [0.25, 0.3) is 22.0 Å². The van der Waals surface area contributed by atoms with Gasteiger partial charge in [-0.3, -0.25) is 4.79 Å². The zero-order valence-corrected chi connectivity index (χ0v) is 17.7. The van der Waals surface area contributed by atoms with Crippen LogP contribution in [0.5, 0.6) is 6.01 Å². The number of benzene rings is 3. The van der Waals surface area contributed by atoms with Crippen molar-refractivity contribution in [2.75, 3.05) is 12.4 Å². The molecular formula is C25H21N3O4. The molecule has 0 atom stereocenters.